The lowest BCUT2D eigenvalue weighted by Gasteiger charge is -2.26. The van der Waals surface area contributed by atoms with Gasteiger partial charge in [-0.3, -0.25) is 9.69 Å². The zero-order valence-corrected chi connectivity index (χ0v) is 13.4. The lowest BCUT2D eigenvalue weighted by Crippen LogP contribution is -2.41. The van der Waals surface area contributed by atoms with E-state index in [2.05, 4.69) is 10.2 Å². The number of halogens is 1. The molecule has 0 radical (unpaired) electrons. The van der Waals surface area contributed by atoms with Crippen LogP contribution in [0.4, 0.5) is 0 Å². The van der Waals surface area contributed by atoms with E-state index in [0.29, 0.717) is 19.6 Å². The van der Waals surface area contributed by atoms with E-state index in [-0.39, 0.29) is 5.91 Å². The third kappa shape index (κ3) is 4.99. The van der Waals surface area contributed by atoms with Crippen molar-refractivity contribution in [1.82, 2.24) is 15.1 Å². The standard InChI is InChI=1S/C16H24ClN3O/c1-2-20(12-14-6-3-4-7-15(14)17)16(21)13-19-10-5-8-18-9-11-19/h3-4,6-7,18H,2,5,8-13H2,1H3. The summed E-state index contributed by atoms with van der Waals surface area (Å²) in [7, 11) is 0. The molecular formula is C16H24ClN3O. The van der Waals surface area contributed by atoms with Gasteiger partial charge in [0.1, 0.15) is 0 Å². The highest BCUT2D eigenvalue weighted by molar-refractivity contribution is 6.31. The van der Waals surface area contributed by atoms with Crippen LogP contribution in [-0.2, 0) is 11.3 Å². The highest BCUT2D eigenvalue weighted by Crippen LogP contribution is 2.17. The summed E-state index contributed by atoms with van der Waals surface area (Å²) in [5.41, 5.74) is 1.01. The number of likely N-dealkylation sites (N-methyl/N-ethyl adjacent to an activating group) is 1. The van der Waals surface area contributed by atoms with Crippen LogP contribution >= 0.6 is 11.6 Å². The number of nitrogens with zero attached hydrogens (tertiary/aromatic N) is 2. The molecule has 0 unspecified atom stereocenters. The molecule has 116 valence electrons. The van der Waals surface area contributed by atoms with E-state index in [1.807, 2.05) is 36.1 Å². The molecule has 1 N–H and O–H groups in total. The van der Waals surface area contributed by atoms with Crippen molar-refractivity contribution in [2.24, 2.45) is 0 Å². The number of nitrogens with one attached hydrogen (secondary N) is 1. The van der Waals surface area contributed by atoms with Crippen molar-refractivity contribution < 1.29 is 4.79 Å². The SMILES string of the molecule is CCN(Cc1ccccc1Cl)C(=O)CN1CCCNCC1. The molecule has 21 heavy (non-hydrogen) atoms. The lowest BCUT2D eigenvalue weighted by atomic mass is 10.2. The van der Waals surface area contributed by atoms with Crippen LogP contribution in [0.1, 0.15) is 18.9 Å². The van der Waals surface area contributed by atoms with E-state index in [0.717, 1.165) is 43.2 Å². The summed E-state index contributed by atoms with van der Waals surface area (Å²) in [5, 5.41) is 4.08. The smallest absolute Gasteiger partial charge is 0.237 e. The van der Waals surface area contributed by atoms with Gasteiger partial charge in [-0.2, -0.15) is 0 Å². The molecule has 1 aliphatic heterocycles. The fraction of sp³-hybridized carbons (Fsp3) is 0.562. The molecular weight excluding hydrogens is 286 g/mol. The van der Waals surface area contributed by atoms with Crippen LogP contribution in [0.5, 0.6) is 0 Å². The van der Waals surface area contributed by atoms with Crippen molar-refractivity contribution in [2.45, 2.75) is 19.9 Å². The second-order valence-corrected chi connectivity index (χ2v) is 5.79. The Morgan fingerprint density at radius 1 is 1.33 bits per heavy atom. The molecule has 4 nitrogen and oxygen atoms in total. The molecule has 0 spiro atoms. The van der Waals surface area contributed by atoms with E-state index in [9.17, 15) is 4.79 Å². The van der Waals surface area contributed by atoms with Gasteiger partial charge in [0.25, 0.3) is 0 Å². The minimum absolute atomic E-state index is 0.180. The van der Waals surface area contributed by atoms with E-state index < -0.39 is 0 Å². The number of hydrogen-bond donors (Lipinski definition) is 1. The number of hydrogen-bond acceptors (Lipinski definition) is 3. The number of rotatable bonds is 5. The van der Waals surface area contributed by atoms with Crippen LogP contribution in [0.2, 0.25) is 5.02 Å². The molecule has 0 bridgehead atoms. The van der Waals surface area contributed by atoms with Crippen molar-refractivity contribution in [1.29, 1.82) is 0 Å². The van der Waals surface area contributed by atoms with Crippen molar-refractivity contribution in [3.8, 4) is 0 Å². The Balaban J connectivity index is 1.93. The molecule has 1 amide bonds. The summed E-state index contributed by atoms with van der Waals surface area (Å²) in [6, 6.07) is 7.72. The molecule has 1 heterocycles. The predicted octanol–water partition coefficient (Wildman–Crippen LogP) is 1.98. The van der Waals surface area contributed by atoms with Gasteiger partial charge in [-0.1, -0.05) is 29.8 Å². The van der Waals surface area contributed by atoms with E-state index in [4.69, 9.17) is 11.6 Å². The number of benzene rings is 1. The van der Waals surface area contributed by atoms with Crippen molar-refractivity contribution in [2.75, 3.05) is 39.3 Å². The molecule has 1 saturated heterocycles. The third-order valence-corrected chi connectivity index (χ3v) is 4.21. The van der Waals surface area contributed by atoms with Crippen molar-refractivity contribution in [3.63, 3.8) is 0 Å². The lowest BCUT2D eigenvalue weighted by molar-refractivity contribution is -0.132. The maximum Gasteiger partial charge on any atom is 0.237 e. The Bertz CT molecular complexity index is 459. The molecule has 0 saturated carbocycles. The summed E-state index contributed by atoms with van der Waals surface area (Å²) in [4.78, 5) is 16.6. The van der Waals surface area contributed by atoms with E-state index in [1.165, 1.54) is 0 Å². The molecule has 1 aliphatic rings. The summed E-state index contributed by atoms with van der Waals surface area (Å²) in [6.45, 7) is 7.74. The van der Waals surface area contributed by atoms with Crippen molar-refractivity contribution >= 4 is 17.5 Å². The highest BCUT2D eigenvalue weighted by Gasteiger charge is 2.18. The fourth-order valence-electron chi connectivity index (χ4n) is 2.56. The molecule has 0 atom stereocenters. The number of carbonyl (C=O) groups is 1. The first kappa shape index (κ1) is 16.3. The Morgan fingerprint density at radius 3 is 2.90 bits per heavy atom. The van der Waals surface area contributed by atoms with Crippen LogP contribution < -0.4 is 5.32 Å². The quantitative estimate of drug-likeness (QED) is 0.903. The number of carbonyl (C=O) groups excluding carboxylic acids is 1. The zero-order valence-electron chi connectivity index (χ0n) is 12.6. The average Bonchev–Trinajstić information content (AvgIpc) is 2.75. The average molecular weight is 310 g/mol. The topological polar surface area (TPSA) is 35.6 Å². The van der Waals surface area contributed by atoms with Gasteiger partial charge in [0.15, 0.2) is 0 Å². The van der Waals surface area contributed by atoms with Gasteiger partial charge in [-0.15, -0.1) is 0 Å². The predicted molar refractivity (Wildman–Crippen MR) is 86.5 cm³/mol. The van der Waals surface area contributed by atoms with E-state index >= 15 is 0 Å². The second-order valence-electron chi connectivity index (χ2n) is 5.38. The maximum atomic E-state index is 12.5. The summed E-state index contributed by atoms with van der Waals surface area (Å²) >= 11 is 6.19. The molecule has 1 aromatic carbocycles. The first-order chi connectivity index (χ1) is 10.2. The molecule has 1 aromatic rings. The largest absolute Gasteiger partial charge is 0.337 e. The highest BCUT2D eigenvalue weighted by atomic mass is 35.5. The molecule has 1 fully saturated rings. The molecule has 5 heteroatoms. The van der Waals surface area contributed by atoms with Crippen LogP contribution in [0.15, 0.2) is 24.3 Å². The summed E-state index contributed by atoms with van der Waals surface area (Å²) in [5.74, 6) is 0.180. The Morgan fingerprint density at radius 2 is 2.14 bits per heavy atom. The van der Waals surface area contributed by atoms with Gasteiger partial charge in [0.2, 0.25) is 5.91 Å². The van der Waals surface area contributed by atoms with Gasteiger partial charge in [-0.05, 0) is 38.1 Å². The molecule has 0 aromatic heterocycles. The van der Waals surface area contributed by atoms with Gasteiger partial charge in [0.05, 0.1) is 6.54 Å². The van der Waals surface area contributed by atoms with Crippen LogP contribution in [0.3, 0.4) is 0 Å². The Hall–Kier alpha value is -1.10. The Kier molecular flexibility index (Phi) is 6.49. The number of amides is 1. The first-order valence-corrected chi connectivity index (χ1v) is 8.02. The summed E-state index contributed by atoms with van der Waals surface area (Å²) in [6.07, 6.45) is 1.10. The maximum absolute atomic E-state index is 12.5. The normalized spacial score (nSPS) is 16.5. The monoisotopic (exact) mass is 309 g/mol. The fourth-order valence-corrected chi connectivity index (χ4v) is 2.76. The van der Waals surface area contributed by atoms with Gasteiger partial charge in [-0.25, -0.2) is 0 Å². The summed E-state index contributed by atoms with van der Waals surface area (Å²) < 4.78 is 0. The van der Waals surface area contributed by atoms with Gasteiger partial charge >= 0.3 is 0 Å². The van der Waals surface area contributed by atoms with Crippen LogP contribution in [-0.4, -0.2) is 55.0 Å². The van der Waals surface area contributed by atoms with Crippen molar-refractivity contribution in [3.05, 3.63) is 34.9 Å². The zero-order chi connectivity index (χ0) is 15.1. The van der Waals surface area contributed by atoms with Crippen LogP contribution in [0.25, 0.3) is 0 Å². The first-order valence-electron chi connectivity index (χ1n) is 7.65. The second kappa shape index (κ2) is 8.37. The third-order valence-electron chi connectivity index (χ3n) is 3.85. The molecule has 0 aliphatic carbocycles. The van der Waals surface area contributed by atoms with Crippen LogP contribution in [0, 0.1) is 0 Å². The Labute approximate surface area is 132 Å². The van der Waals surface area contributed by atoms with Gasteiger partial charge < -0.3 is 10.2 Å². The van der Waals surface area contributed by atoms with E-state index in [1.54, 1.807) is 0 Å². The minimum Gasteiger partial charge on any atom is -0.337 e. The minimum atomic E-state index is 0.180. The van der Waals surface area contributed by atoms with Gasteiger partial charge in [0, 0.05) is 31.2 Å². The molecule has 2 rings (SSSR count).